The second kappa shape index (κ2) is 7.37. The maximum Gasteiger partial charge on any atom is 0.238 e. The molecular weight excluding hydrogens is 374 g/mol. The van der Waals surface area contributed by atoms with E-state index in [0.717, 1.165) is 23.6 Å². The largest absolute Gasteiger partial charge is 0.338 e. The molecule has 26 heavy (non-hydrogen) atoms. The van der Waals surface area contributed by atoms with Crippen LogP contribution in [0.1, 0.15) is 37.4 Å². The molecule has 2 N–H and O–H groups in total. The Hall–Kier alpha value is -1.91. The molecule has 0 saturated heterocycles. The Morgan fingerprint density at radius 2 is 2.04 bits per heavy atom. The van der Waals surface area contributed by atoms with E-state index in [1.807, 2.05) is 11.5 Å². The predicted octanol–water partition coefficient (Wildman–Crippen LogP) is 1.57. The van der Waals surface area contributed by atoms with E-state index in [9.17, 15) is 13.2 Å². The van der Waals surface area contributed by atoms with Gasteiger partial charge >= 0.3 is 0 Å². The molecule has 1 aromatic heterocycles. The molecular formula is C16H21N5O3S2. The lowest BCUT2D eigenvalue weighted by Gasteiger charge is -2.25. The van der Waals surface area contributed by atoms with Gasteiger partial charge in [-0.3, -0.25) is 4.79 Å². The van der Waals surface area contributed by atoms with Crippen LogP contribution in [0.15, 0.2) is 40.6 Å². The van der Waals surface area contributed by atoms with Gasteiger partial charge in [0.15, 0.2) is 5.16 Å². The van der Waals surface area contributed by atoms with Crippen LogP contribution in [0.5, 0.6) is 0 Å². The molecule has 1 atom stereocenters. The molecule has 10 heteroatoms. The number of nitrogens with two attached hydrogens (primary N) is 1. The van der Waals surface area contributed by atoms with Crippen LogP contribution in [0.25, 0.3) is 0 Å². The standard InChI is InChI=1S/C16H21N5O3S2/c1-11(12-3-7-14(8-4-12)26(17,23)24)20(2)15(22)9-25-16-19-18-10-21(16)13-5-6-13/h3-4,7-8,10-11,13H,5-6,9H2,1-2H3,(H2,17,23,24). The fourth-order valence-electron chi connectivity index (χ4n) is 2.54. The van der Waals surface area contributed by atoms with Crippen molar-refractivity contribution in [1.29, 1.82) is 0 Å². The fraction of sp³-hybridized carbons (Fsp3) is 0.438. The zero-order valence-electron chi connectivity index (χ0n) is 14.6. The Kier molecular flexibility index (Phi) is 5.35. The first-order chi connectivity index (χ1) is 12.3. The van der Waals surface area contributed by atoms with E-state index in [0.29, 0.717) is 6.04 Å². The Balaban J connectivity index is 1.61. The predicted molar refractivity (Wildman–Crippen MR) is 98.0 cm³/mol. The summed E-state index contributed by atoms with van der Waals surface area (Å²) in [4.78, 5) is 14.2. The highest BCUT2D eigenvalue weighted by Gasteiger charge is 2.27. The van der Waals surface area contributed by atoms with Gasteiger partial charge in [0.1, 0.15) is 6.33 Å². The number of carbonyl (C=O) groups is 1. The van der Waals surface area contributed by atoms with Crippen molar-refractivity contribution in [2.45, 2.75) is 41.9 Å². The number of aromatic nitrogens is 3. The number of nitrogens with zero attached hydrogens (tertiary/aromatic N) is 4. The van der Waals surface area contributed by atoms with E-state index in [1.54, 1.807) is 30.4 Å². The van der Waals surface area contributed by atoms with Crippen molar-refractivity contribution in [3.8, 4) is 0 Å². The molecule has 3 rings (SSSR count). The van der Waals surface area contributed by atoms with Crippen molar-refractivity contribution in [1.82, 2.24) is 19.7 Å². The molecule has 1 amide bonds. The number of carbonyl (C=O) groups excluding carboxylic acids is 1. The van der Waals surface area contributed by atoms with Crippen molar-refractivity contribution in [2.24, 2.45) is 5.14 Å². The number of benzene rings is 1. The molecule has 1 saturated carbocycles. The molecule has 1 aliphatic rings. The Morgan fingerprint density at radius 1 is 1.38 bits per heavy atom. The molecule has 8 nitrogen and oxygen atoms in total. The summed E-state index contributed by atoms with van der Waals surface area (Å²) in [5.41, 5.74) is 0.833. The molecule has 0 spiro atoms. The van der Waals surface area contributed by atoms with Gasteiger partial charge in [0.2, 0.25) is 15.9 Å². The number of thioether (sulfide) groups is 1. The lowest BCUT2D eigenvalue weighted by atomic mass is 10.1. The fourth-order valence-corrected chi connectivity index (χ4v) is 3.96. The number of sulfonamides is 1. The summed E-state index contributed by atoms with van der Waals surface area (Å²) in [6.07, 6.45) is 3.97. The van der Waals surface area contributed by atoms with E-state index < -0.39 is 10.0 Å². The quantitative estimate of drug-likeness (QED) is 0.713. The average Bonchev–Trinajstić information content (AvgIpc) is 3.35. The van der Waals surface area contributed by atoms with E-state index >= 15 is 0 Å². The highest BCUT2D eigenvalue weighted by molar-refractivity contribution is 7.99. The second-order valence-corrected chi connectivity index (χ2v) is 8.84. The molecule has 1 heterocycles. The van der Waals surface area contributed by atoms with E-state index in [4.69, 9.17) is 5.14 Å². The van der Waals surface area contributed by atoms with Gasteiger partial charge in [-0.25, -0.2) is 13.6 Å². The molecule has 1 aliphatic carbocycles. The van der Waals surface area contributed by atoms with Crippen molar-refractivity contribution in [3.05, 3.63) is 36.2 Å². The van der Waals surface area contributed by atoms with E-state index in [1.165, 1.54) is 23.9 Å². The number of amides is 1. The summed E-state index contributed by atoms with van der Waals surface area (Å²) in [5, 5.41) is 13.9. The minimum Gasteiger partial charge on any atom is -0.338 e. The third-order valence-electron chi connectivity index (χ3n) is 4.47. The topological polar surface area (TPSA) is 111 Å². The number of hydrogen-bond donors (Lipinski definition) is 1. The SMILES string of the molecule is CC(c1ccc(S(N)(=O)=O)cc1)N(C)C(=O)CSc1nncn1C1CC1. The summed E-state index contributed by atoms with van der Waals surface area (Å²) in [6, 6.07) is 6.52. The summed E-state index contributed by atoms with van der Waals surface area (Å²) in [7, 11) is -1.99. The smallest absolute Gasteiger partial charge is 0.238 e. The number of hydrogen-bond acceptors (Lipinski definition) is 6. The Morgan fingerprint density at radius 3 is 2.62 bits per heavy atom. The van der Waals surface area contributed by atoms with Crippen molar-refractivity contribution >= 4 is 27.7 Å². The van der Waals surface area contributed by atoms with Gasteiger partial charge < -0.3 is 9.47 Å². The summed E-state index contributed by atoms with van der Waals surface area (Å²) in [5.74, 6) is 0.227. The average molecular weight is 396 g/mol. The van der Waals surface area contributed by atoms with Gasteiger partial charge in [-0.15, -0.1) is 10.2 Å². The van der Waals surface area contributed by atoms with Crippen LogP contribution in [-0.4, -0.2) is 46.8 Å². The first kappa shape index (κ1) is 18.9. The van der Waals surface area contributed by atoms with Crippen molar-refractivity contribution in [3.63, 3.8) is 0 Å². The molecule has 1 fully saturated rings. The van der Waals surface area contributed by atoms with Gasteiger partial charge in [0.05, 0.1) is 16.7 Å². The molecule has 2 aromatic rings. The number of primary sulfonamides is 1. The third-order valence-corrected chi connectivity index (χ3v) is 6.34. The Labute approximate surface area is 156 Å². The molecule has 1 unspecified atom stereocenters. The number of rotatable bonds is 7. The molecule has 0 bridgehead atoms. The minimum atomic E-state index is -3.72. The van der Waals surface area contributed by atoms with Gasteiger partial charge in [-0.1, -0.05) is 23.9 Å². The van der Waals surface area contributed by atoms with Crippen molar-refractivity contribution in [2.75, 3.05) is 12.8 Å². The van der Waals surface area contributed by atoms with Crippen LogP contribution >= 0.6 is 11.8 Å². The summed E-state index contributed by atoms with van der Waals surface area (Å²) in [6.45, 7) is 1.89. The third kappa shape index (κ3) is 4.25. The van der Waals surface area contributed by atoms with Crippen LogP contribution in [0.3, 0.4) is 0 Å². The van der Waals surface area contributed by atoms with Crippen LogP contribution < -0.4 is 5.14 Å². The van der Waals surface area contributed by atoms with Crippen molar-refractivity contribution < 1.29 is 13.2 Å². The summed E-state index contributed by atoms with van der Waals surface area (Å²) >= 11 is 1.38. The lowest BCUT2D eigenvalue weighted by Crippen LogP contribution is -2.31. The highest BCUT2D eigenvalue weighted by Crippen LogP contribution is 2.37. The molecule has 0 radical (unpaired) electrons. The van der Waals surface area contributed by atoms with Crippen LogP contribution in [0, 0.1) is 0 Å². The zero-order valence-corrected chi connectivity index (χ0v) is 16.2. The van der Waals surface area contributed by atoms with Gasteiger partial charge in [0.25, 0.3) is 0 Å². The van der Waals surface area contributed by atoms with Gasteiger partial charge in [-0.05, 0) is 37.5 Å². The lowest BCUT2D eigenvalue weighted by molar-refractivity contribution is -0.128. The van der Waals surface area contributed by atoms with E-state index in [2.05, 4.69) is 10.2 Å². The Bertz CT molecular complexity index is 891. The first-order valence-corrected chi connectivity index (χ1v) is 10.7. The second-order valence-electron chi connectivity index (χ2n) is 6.34. The van der Waals surface area contributed by atoms with Gasteiger partial charge in [-0.2, -0.15) is 0 Å². The molecule has 0 aliphatic heterocycles. The van der Waals surface area contributed by atoms with Crippen LogP contribution in [0.4, 0.5) is 0 Å². The minimum absolute atomic E-state index is 0.0385. The van der Waals surface area contributed by atoms with E-state index in [-0.39, 0.29) is 22.6 Å². The summed E-state index contributed by atoms with van der Waals surface area (Å²) < 4.78 is 24.7. The first-order valence-electron chi connectivity index (χ1n) is 8.18. The van der Waals surface area contributed by atoms with Crippen LogP contribution in [0.2, 0.25) is 0 Å². The van der Waals surface area contributed by atoms with Gasteiger partial charge in [0, 0.05) is 13.1 Å². The maximum absolute atomic E-state index is 12.5. The molecule has 140 valence electrons. The monoisotopic (exact) mass is 395 g/mol. The highest BCUT2D eigenvalue weighted by atomic mass is 32.2. The molecule has 1 aromatic carbocycles. The normalized spacial score (nSPS) is 15.7. The van der Waals surface area contributed by atoms with Crippen LogP contribution in [-0.2, 0) is 14.8 Å². The maximum atomic E-state index is 12.5. The zero-order chi connectivity index (χ0) is 18.9.